The number of rotatable bonds is 6. The molecular formula is C22H34N6OS. The highest BCUT2D eigenvalue weighted by Gasteiger charge is 2.21. The van der Waals surface area contributed by atoms with Gasteiger partial charge in [-0.2, -0.15) is 0 Å². The molecule has 1 heterocycles. The second-order valence-corrected chi connectivity index (χ2v) is 7.90. The standard InChI is InChI=1S/C22H34N6OS/c1-4-5-13-24-20(23-3)28-15-11-18(12-16-28)10-14-25-21(29)27-22(30)26-19-9-7-6-8-17(19)2/h6-9,13,18H,4-5,10-12,14-16H2,1-3H3,(H3,25,26,27,29,30). The molecule has 0 atom stereocenters. The van der Waals surface area contributed by atoms with Crippen LogP contribution in [-0.4, -0.2) is 54.9 Å². The minimum atomic E-state index is -0.274. The van der Waals surface area contributed by atoms with Crippen LogP contribution in [0, 0.1) is 12.8 Å². The van der Waals surface area contributed by atoms with Crippen LogP contribution in [0.5, 0.6) is 0 Å². The molecule has 1 aromatic carbocycles. The van der Waals surface area contributed by atoms with Gasteiger partial charge in [0.15, 0.2) is 5.11 Å². The lowest BCUT2D eigenvalue weighted by atomic mass is 9.94. The van der Waals surface area contributed by atoms with E-state index in [0.29, 0.717) is 17.6 Å². The number of unbranched alkanes of at least 4 members (excludes halogenated alkanes) is 1. The van der Waals surface area contributed by atoms with Crippen molar-refractivity contribution in [1.82, 2.24) is 15.5 Å². The Bertz CT molecular complexity index is 756. The molecule has 2 amide bonds. The van der Waals surface area contributed by atoms with E-state index in [2.05, 4.69) is 37.8 Å². The first-order valence-corrected chi connectivity index (χ1v) is 11.1. The van der Waals surface area contributed by atoms with E-state index in [4.69, 9.17) is 12.2 Å². The van der Waals surface area contributed by atoms with Gasteiger partial charge in [0.25, 0.3) is 0 Å². The third-order valence-corrected chi connectivity index (χ3v) is 5.38. The zero-order valence-corrected chi connectivity index (χ0v) is 19.1. The van der Waals surface area contributed by atoms with Crippen molar-refractivity contribution in [2.45, 2.75) is 46.0 Å². The summed E-state index contributed by atoms with van der Waals surface area (Å²) in [6.07, 6.45) is 7.15. The van der Waals surface area contributed by atoms with E-state index in [1.54, 1.807) is 7.05 Å². The molecule has 1 aliphatic heterocycles. The van der Waals surface area contributed by atoms with E-state index < -0.39 is 0 Å². The highest BCUT2D eigenvalue weighted by Crippen LogP contribution is 2.20. The number of aryl methyl sites for hydroxylation is 1. The predicted octanol–water partition coefficient (Wildman–Crippen LogP) is 3.95. The predicted molar refractivity (Wildman–Crippen MR) is 130 cm³/mol. The maximum absolute atomic E-state index is 12.1. The number of hydrogen-bond acceptors (Lipinski definition) is 3. The van der Waals surface area contributed by atoms with Gasteiger partial charge in [0, 0.05) is 38.6 Å². The third-order valence-electron chi connectivity index (χ3n) is 5.18. The molecule has 7 nitrogen and oxygen atoms in total. The molecule has 1 aromatic rings. The van der Waals surface area contributed by atoms with Crippen molar-refractivity contribution in [3.63, 3.8) is 0 Å². The molecule has 0 unspecified atom stereocenters. The van der Waals surface area contributed by atoms with Crippen molar-refractivity contribution in [1.29, 1.82) is 0 Å². The average Bonchev–Trinajstić information content (AvgIpc) is 2.73. The first kappa shape index (κ1) is 23.8. The summed E-state index contributed by atoms with van der Waals surface area (Å²) >= 11 is 5.22. The van der Waals surface area contributed by atoms with Crippen molar-refractivity contribution >= 4 is 41.2 Å². The number of likely N-dealkylation sites (tertiary alicyclic amines) is 1. The van der Waals surface area contributed by atoms with Gasteiger partial charge in [0.1, 0.15) is 0 Å². The first-order chi connectivity index (χ1) is 14.5. The van der Waals surface area contributed by atoms with Gasteiger partial charge >= 0.3 is 6.03 Å². The Balaban J connectivity index is 1.64. The molecule has 1 saturated heterocycles. The molecule has 8 heteroatoms. The Morgan fingerprint density at radius 2 is 2.03 bits per heavy atom. The topological polar surface area (TPSA) is 81.1 Å². The van der Waals surface area contributed by atoms with Gasteiger partial charge in [-0.25, -0.2) is 9.79 Å². The molecule has 0 saturated carbocycles. The average molecular weight is 431 g/mol. The van der Waals surface area contributed by atoms with Crippen molar-refractivity contribution < 1.29 is 4.79 Å². The van der Waals surface area contributed by atoms with E-state index in [1.807, 2.05) is 37.4 Å². The fourth-order valence-electron chi connectivity index (χ4n) is 3.38. The number of benzene rings is 1. The van der Waals surface area contributed by atoms with Crippen LogP contribution in [0.1, 0.15) is 44.6 Å². The van der Waals surface area contributed by atoms with Gasteiger partial charge in [-0.05, 0) is 62.4 Å². The number of nitrogens with zero attached hydrogens (tertiary/aromatic N) is 3. The molecule has 2 rings (SSSR count). The molecular weight excluding hydrogens is 396 g/mol. The summed E-state index contributed by atoms with van der Waals surface area (Å²) in [6, 6.07) is 7.53. The summed E-state index contributed by atoms with van der Waals surface area (Å²) in [5.74, 6) is 1.42. The van der Waals surface area contributed by atoms with Crippen LogP contribution in [0.3, 0.4) is 0 Å². The summed E-state index contributed by atoms with van der Waals surface area (Å²) in [5, 5.41) is 8.93. The maximum atomic E-state index is 12.1. The van der Waals surface area contributed by atoms with Crippen LogP contribution >= 0.6 is 12.2 Å². The van der Waals surface area contributed by atoms with Crippen LogP contribution in [0.15, 0.2) is 34.3 Å². The summed E-state index contributed by atoms with van der Waals surface area (Å²) in [5.41, 5.74) is 1.96. The van der Waals surface area contributed by atoms with E-state index in [9.17, 15) is 4.79 Å². The van der Waals surface area contributed by atoms with Gasteiger partial charge in [-0.3, -0.25) is 10.3 Å². The van der Waals surface area contributed by atoms with E-state index in [1.165, 1.54) is 0 Å². The van der Waals surface area contributed by atoms with Crippen LogP contribution in [-0.2, 0) is 0 Å². The number of thiocarbonyl (C=S) groups is 1. The largest absolute Gasteiger partial charge is 0.341 e. The number of para-hydroxylation sites is 1. The number of guanidine groups is 1. The number of carbonyl (C=O) groups is 1. The van der Waals surface area contributed by atoms with Crippen molar-refractivity contribution in [2.75, 3.05) is 32.0 Å². The second-order valence-electron chi connectivity index (χ2n) is 7.49. The zero-order valence-electron chi connectivity index (χ0n) is 18.3. The third kappa shape index (κ3) is 8.10. The number of amides is 2. The molecule has 0 aliphatic carbocycles. The summed E-state index contributed by atoms with van der Waals surface area (Å²) in [6.45, 7) is 6.67. The lowest BCUT2D eigenvalue weighted by Gasteiger charge is -2.32. The molecule has 1 aliphatic rings. The highest BCUT2D eigenvalue weighted by molar-refractivity contribution is 7.80. The second kappa shape index (κ2) is 13.0. The van der Waals surface area contributed by atoms with Gasteiger partial charge in [-0.1, -0.05) is 31.5 Å². The Kier molecular flexibility index (Phi) is 10.3. The minimum absolute atomic E-state index is 0.274. The Labute approximate surface area is 185 Å². The molecule has 0 aromatic heterocycles. The fourth-order valence-corrected chi connectivity index (χ4v) is 3.58. The summed E-state index contributed by atoms with van der Waals surface area (Å²) < 4.78 is 0. The molecule has 1 fully saturated rings. The summed E-state index contributed by atoms with van der Waals surface area (Å²) in [7, 11) is 1.80. The van der Waals surface area contributed by atoms with Crippen LogP contribution in [0.4, 0.5) is 10.5 Å². The number of aliphatic imine (C=N–C) groups is 2. The van der Waals surface area contributed by atoms with E-state index in [0.717, 1.165) is 62.4 Å². The molecule has 164 valence electrons. The van der Waals surface area contributed by atoms with Crippen LogP contribution < -0.4 is 16.0 Å². The number of urea groups is 1. The van der Waals surface area contributed by atoms with Gasteiger partial charge < -0.3 is 15.5 Å². The number of nitrogens with one attached hydrogen (secondary N) is 3. The van der Waals surface area contributed by atoms with E-state index in [-0.39, 0.29) is 6.03 Å². The molecule has 3 N–H and O–H groups in total. The van der Waals surface area contributed by atoms with Gasteiger partial charge in [0.05, 0.1) is 0 Å². The van der Waals surface area contributed by atoms with Crippen molar-refractivity contribution in [3.05, 3.63) is 29.8 Å². The lowest BCUT2D eigenvalue weighted by Crippen LogP contribution is -2.43. The molecule has 30 heavy (non-hydrogen) atoms. The minimum Gasteiger partial charge on any atom is -0.341 e. The normalized spacial score (nSPS) is 15.3. The Morgan fingerprint density at radius 1 is 1.30 bits per heavy atom. The van der Waals surface area contributed by atoms with Gasteiger partial charge in [-0.15, -0.1) is 0 Å². The number of hydrogen-bond donors (Lipinski definition) is 3. The number of carbonyl (C=O) groups excluding carboxylic acids is 1. The number of piperidine rings is 1. The highest BCUT2D eigenvalue weighted by atomic mass is 32.1. The summed E-state index contributed by atoms with van der Waals surface area (Å²) in [4.78, 5) is 23.1. The fraction of sp³-hybridized carbons (Fsp3) is 0.545. The lowest BCUT2D eigenvalue weighted by molar-refractivity contribution is 0.237. The molecule has 0 bridgehead atoms. The quantitative estimate of drug-likeness (QED) is 0.363. The van der Waals surface area contributed by atoms with E-state index >= 15 is 0 Å². The zero-order chi connectivity index (χ0) is 21.8. The van der Waals surface area contributed by atoms with Crippen molar-refractivity contribution in [2.24, 2.45) is 15.9 Å². The van der Waals surface area contributed by atoms with Crippen molar-refractivity contribution in [3.8, 4) is 0 Å². The van der Waals surface area contributed by atoms with Gasteiger partial charge in [0.2, 0.25) is 5.96 Å². The number of anilines is 1. The Morgan fingerprint density at radius 3 is 2.70 bits per heavy atom. The smallest absolute Gasteiger partial charge is 0.321 e. The Hall–Kier alpha value is -2.48. The van der Waals surface area contributed by atoms with Crippen LogP contribution in [0.2, 0.25) is 0 Å². The first-order valence-electron chi connectivity index (χ1n) is 10.7. The molecule has 0 spiro atoms. The SMILES string of the molecule is CCCC=NC(=NC)N1CCC(CCNC(=O)NC(=S)Nc2ccccc2C)CC1. The maximum Gasteiger partial charge on any atom is 0.321 e. The van der Waals surface area contributed by atoms with Crippen LogP contribution in [0.25, 0.3) is 0 Å². The monoisotopic (exact) mass is 430 g/mol. The molecule has 0 radical (unpaired) electrons.